The van der Waals surface area contributed by atoms with Crippen LogP contribution in [0.1, 0.15) is 62.0 Å². The van der Waals surface area contributed by atoms with E-state index >= 15 is 0 Å². The second-order valence-electron chi connectivity index (χ2n) is 10.5. The summed E-state index contributed by atoms with van der Waals surface area (Å²) < 4.78 is 57.0. The second kappa shape index (κ2) is 11.8. The van der Waals surface area contributed by atoms with Crippen molar-refractivity contribution in [1.29, 1.82) is 0 Å². The van der Waals surface area contributed by atoms with Crippen molar-refractivity contribution in [1.82, 2.24) is 4.98 Å². The molecule has 0 saturated heterocycles. The van der Waals surface area contributed by atoms with Gasteiger partial charge >= 0.3 is 12.1 Å². The fraction of sp³-hybridized carbons (Fsp3) is 0.419. The van der Waals surface area contributed by atoms with Crippen molar-refractivity contribution in [2.75, 3.05) is 7.11 Å². The Kier molecular flexibility index (Phi) is 8.19. The first-order chi connectivity index (χ1) is 19.2. The minimum atomic E-state index is -4.40. The molecule has 0 aliphatic heterocycles. The monoisotopic (exact) mass is 555 g/mol. The highest BCUT2D eigenvalue weighted by molar-refractivity contribution is 5.72. The molecule has 212 valence electrons. The largest absolute Gasteiger partial charge is 0.497 e. The quantitative estimate of drug-likeness (QED) is 0.279. The van der Waals surface area contributed by atoms with Crippen molar-refractivity contribution in [3.05, 3.63) is 71.9 Å². The van der Waals surface area contributed by atoms with Gasteiger partial charge in [-0.25, -0.2) is 4.98 Å². The van der Waals surface area contributed by atoms with Crippen LogP contribution in [-0.2, 0) is 11.0 Å². The molecule has 0 radical (unpaired) electrons. The molecule has 1 heterocycles. The summed E-state index contributed by atoms with van der Waals surface area (Å²) in [6, 6.07) is 14.1. The van der Waals surface area contributed by atoms with E-state index in [0.29, 0.717) is 34.4 Å². The van der Waals surface area contributed by atoms with E-state index in [2.05, 4.69) is 4.98 Å². The third-order valence-corrected chi connectivity index (χ3v) is 7.69. The van der Waals surface area contributed by atoms with Crippen LogP contribution in [0.3, 0.4) is 0 Å². The van der Waals surface area contributed by atoms with Crippen molar-refractivity contribution in [3.63, 3.8) is 0 Å². The molecule has 40 heavy (non-hydrogen) atoms. The standard InChI is InChI=1S/C31H32F3NO5/c1-38-25-12-13-26(19-4-6-22(7-5-19)31(32,33)34)28(17-25)39-23-8-10-24(11-9-23)40-29-16-21(14-15-35-29)27(18-30(36)37)20-2-3-20/h4-7,12-17,20,23-24,27H,2-3,8-11,18H2,1H3,(H,36,37). The molecule has 1 aromatic heterocycles. The number of aliphatic carboxylic acids is 1. The van der Waals surface area contributed by atoms with Crippen LogP contribution in [0.5, 0.6) is 17.4 Å². The fourth-order valence-electron chi connectivity index (χ4n) is 5.39. The van der Waals surface area contributed by atoms with Crippen molar-refractivity contribution >= 4 is 5.97 Å². The molecule has 0 spiro atoms. The van der Waals surface area contributed by atoms with Crippen LogP contribution >= 0.6 is 0 Å². The number of carbonyl (C=O) groups is 1. The highest BCUT2D eigenvalue weighted by Crippen LogP contribution is 2.45. The summed E-state index contributed by atoms with van der Waals surface area (Å²) in [7, 11) is 1.55. The van der Waals surface area contributed by atoms with E-state index in [1.165, 1.54) is 12.1 Å². The van der Waals surface area contributed by atoms with Crippen LogP contribution in [0, 0.1) is 5.92 Å². The van der Waals surface area contributed by atoms with Gasteiger partial charge in [0.1, 0.15) is 17.6 Å². The number of rotatable bonds is 10. The molecule has 0 bridgehead atoms. The summed E-state index contributed by atoms with van der Waals surface area (Å²) in [4.78, 5) is 15.7. The Bertz CT molecular complexity index is 1320. The molecule has 1 unspecified atom stereocenters. The minimum Gasteiger partial charge on any atom is -0.497 e. The number of ether oxygens (including phenoxy) is 3. The van der Waals surface area contributed by atoms with Crippen LogP contribution < -0.4 is 14.2 Å². The number of hydrogen-bond acceptors (Lipinski definition) is 5. The van der Waals surface area contributed by atoms with Crippen molar-refractivity contribution in [3.8, 4) is 28.5 Å². The highest BCUT2D eigenvalue weighted by atomic mass is 19.4. The summed E-state index contributed by atoms with van der Waals surface area (Å²) in [5.41, 5.74) is 1.58. The maximum atomic E-state index is 13.0. The first-order valence-corrected chi connectivity index (χ1v) is 13.6. The number of alkyl halides is 3. The summed E-state index contributed by atoms with van der Waals surface area (Å²) in [5.74, 6) is 1.25. The van der Waals surface area contributed by atoms with E-state index in [-0.39, 0.29) is 24.5 Å². The number of methoxy groups -OCH3 is 1. The molecular weight excluding hydrogens is 523 g/mol. The van der Waals surface area contributed by atoms with Gasteiger partial charge in [0.05, 0.1) is 25.2 Å². The molecule has 3 aromatic rings. The number of nitrogens with zero attached hydrogens (tertiary/aromatic N) is 1. The molecular formula is C31H32F3NO5. The van der Waals surface area contributed by atoms with Crippen molar-refractivity contribution in [2.45, 2.75) is 69.2 Å². The Labute approximate surface area is 231 Å². The zero-order chi connectivity index (χ0) is 28.3. The molecule has 2 fully saturated rings. The fourth-order valence-corrected chi connectivity index (χ4v) is 5.39. The normalized spacial score (nSPS) is 20.0. The van der Waals surface area contributed by atoms with Gasteiger partial charge in [0.15, 0.2) is 0 Å². The van der Waals surface area contributed by atoms with E-state index in [4.69, 9.17) is 14.2 Å². The van der Waals surface area contributed by atoms with Gasteiger partial charge in [0.2, 0.25) is 5.88 Å². The number of carboxylic acid groups (broad SMARTS) is 1. The molecule has 6 nitrogen and oxygen atoms in total. The van der Waals surface area contributed by atoms with E-state index in [1.807, 2.05) is 12.1 Å². The summed E-state index contributed by atoms with van der Waals surface area (Å²) in [6.07, 6.45) is 2.33. The maximum absolute atomic E-state index is 13.0. The van der Waals surface area contributed by atoms with Crippen molar-refractivity contribution < 1.29 is 37.3 Å². The average molecular weight is 556 g/mol. The molecule has 2 aromatic carbocycles. The van der Waals surface area contributed by atoms with Gasteiger partial charge in [0.25, 0.3) is 0 Å². The predicted molar refractivity (Wildman–Crippen MR) is 143 cm³/mol. The first-order valence-electron chi connectivity index (χ1n) is 13.6. The number of halogens is 3. The minimum absolute atomic E-state index is 0.0197. The third-order valence-electron chi connectivity index (χ3n) is 7.69. The summed E-state index contributed by atoms with van der Waals surface area (Å²) in [6.45, 7) is 0. The Hall–Kier alpha value is -3.75. The Morgan fingerprint density at radius 1 is 0.950 bits per heavy atom. The number of hydrogen-bond donors (Lipinski definition) is 1. The van der Waals surface area contributed by atoms with E-state index in [0.717, 1.165) is 56.2 Å². The molecule has 2 aliphatic carbocycles. The average Bonchev–Trinajstić information content (AvgIpc) is 3.78. The van der Waals surface area contributed by atoms with E-state index < -0.39 is 17.7 Å². The smallest absolute Gasteiger partial charge is 0.416 e. The van der Waals surface area contributed by atoms with Gasteiger partial charge < -0.3 is 19.3 Å². The summed E-state index contributed by atoms with van der Waals surface area (Å²) >= 11 is 0. The number of pyridine rings is 1. The van der Waals surface area contributed by atoms with E-state index in [1.54, 1.807) is 31.5 Å². The lowest BCUT2D eigenvalue weighted by Crippen LogP contribution is -2.30. The highest BCUT2D eigenvalue weighted by Gasteiger charge is 2.34. The number of benzene rings is 2. The molecule has 2 saturated carbocycles. The van der Waals surface area contributed by atoms with Crippen LogP contribution in [-0.4, -0.2) is 35.4 Å². The lowest BCUT2D eigenvalue weighted by Gasteiger charge is -2.30. The lowest BCUT2D eigenvalue weighted by atomic mass is 9.91. The van der Waals surface area contributed by atoms with Crippen molar-refractivity contribution in [2.24, 2.45) is 5.92 Å². The Morgan fingerprint density at radius 3 is 2.23 bits per heavy atom. The molecule has 9 heteroatoms. The second-order valence-corrected chi connectivity index (χ2v) is 10.5. The molecule has 1 N–H and O–H groups in total. The zero-order valence-electron chi connectivity index (χ0n) is 22.2. The van der Waals surface area contributed by atoms with Crippen LogP contribution in [0.15, 0.2) is 60.8 Å². The SMILES string of the molecule is COc1ccc(-c2ccc(C(F)(F)F)cc2)c(OC2CCC(Oc3cc(C(CC(=O)O)C4CC4)ccn3)CC2)c1. The van der Waals surface area contributed by atoms with Gasteiger partial charge in [-0.1, -0.05) is 12.1 Å². The number of carboxylic acids is 1. The lowest BCUT2D eigenvalue weighted by molar-refractivity contribution is -0.138. The van der Waals surface area contributed by atoms with Gasteiger partial charge in [-0.3, -0.25) is 4.79 Å². The third kappa shape index (κ3) is 6.87. The summed E-state index contributed by atoms with van der Waals surface area (Å²) in [5, 5.41) is 9.33. The van der Waals surface area contributed by atoms with Crippen LogP contribution in [0.25, 0.3) is 11.1 Å². The van der Waals surface area contributed by atoms with Gasteiger partial charge in [-0.2, -0.15) is 13.2 Å². The zero-order valence-corrected chi connectivity index (χ0v) is 22.2. The van der Waals surface area contributed by atoms with Gasteiger partial charge in [-0.15, -0.1) is 0 Å². The van der Waals surface area contributed by atoms with Gasteiger partial charge in [-0.05, 0) is 91.8 Å². The van der Waals surface area contributed by atoms with Crippen LogP contribution in [0.2, 0.25) is 0 Å². The molecule has 5 rings (SSSR count). The topological polar surface area (TPSA) is 77.9 Å². The first kappa shape index (κ1) is 27.8. The Balaban J connectivity index is 1.23. The van der Waals surface area contributed by atoms with Crippen LogP contribution in [0.4, 0.5) is 13.2 Å². The van der Waals surface area contributed by atoms with E-state index in [9.17, 15) is 23.1 Å². The molecule has 1 atom stereocenters. The van der Waals surface area contributed by atoms with Gasteiger partial charge in [0, 0.05) is 23.9 Å². The Morgan fingerprint density at radius 2 is 1.62 bits per heavy atom. The number of aromatic nitrogens is 1. The molecule has 0 amide bonds. The predicted octanol–water partition coefficient (Wildman–Crippen LogP) is 7.51. The molecule has 2 aliphatic rings. The maximum Gasteiger partial charge on any atom is 0.416 e.